The van der Waals surface area contributed by atoms with Crippen molar-refractivity contribution in [3.05, 3.63) is 117 Å². The summed E-state index contributed by atoms with van der Waals surface area (Å²) in [7, 11) is 1.30. The second kappa shape index (κ2) is 26.3. The molecular formula is C58H67N7O18. The van der Waals surface area contributed by atoms with Crippen molar-refractivity contribution < 1.29 is 87.3 Å². The van der Waals surface area contributed by atoms with Gasteiger partial charge in [-0.2, -0.15) is 0 Å². The van der Waals surface area contributed by atoms with E-state index in [-0.39, 0.29) is 67.1 Å². The number of rotatable bonds is 22. The Morgan fingerprint density at radius 2 is 1.55 bits per heavy atom. The van der Waals surface area contributed by atoms with Gasteiger partial charge in [0.15, 0.2) is 17.9 Å². The molecular weight excluding hydrogens is 1080 g/mol. The van der Waals surface area contributed by atoms with Gasteiger partial charge < -0.3 is 76.4 Å². The van der Waals surface area contributed by atoms with Gasteiger partial charge in [0.05, 0.1) is 48.6 Å². The Bertz CT molecular complexity index is 3160. The summed E-state index contributed by atoms with van der Waals surface area (Å²) < 4.78 is 29.7. The topological polar surface area (TPSA) is 370 Å². The smallest absolute Gasteiger partial charge is 0.412 e. The number of nitrogens with zero attached hydrogens (tertiary/aromatic N) is 1. The Kier molecular flexibility index (Phi) is 19.2. The second-order valence-corrected chi connectivity index (χ2v) is 20.8. The predicted molar refractivity (Wildman–Crippen MR) is 292 cm³/mol. The molecule has 9 atom stereocenters. The number of methoxy groups -OCH3 is 1. The highest BCUT2D eigenvalue weighted by Gasteiger charge is 2.52. The normalized spacial score (nSPS) is 21.6. The minimum atomic E-state index is -2.38. The molecule has 0 aromatic heterocycles. The van der Waals surface area contributed by atoms with E-state index in [1.54, 1.807) is 61.5 Å². The predicted octanol–water partition coefficient (Wildman–Crippen LogP) is 1.60. The van der Waals surface area contributed by atoms with Crippen LogP contribution in [0.25, 0.3) is 0 Å². The highest BCUT2D eigenvalue weighted by atomic mass is 16.7. The molecule has 0 saturated carbocycles. The Labute approximate surface area is 476 Å². The van der Waals surface area contributed by atoms with Crippen molar-refractivity contribution in [2.24, 2.45) is 5.73 Å². The van der Waals surface area contributed by atoms with Crippen LogP contribution >= 0.6 is 0 Å². The maximum Gasteiger partial charge on any atom is 0.412 e. The zero-order chi connectivity index (χ0) is 59.9. The number of aliphatic hydroxyl groups excluding tert-OH is 1. The van der Waals surface area contributed by atoms with E-state index in [9.17, 15) is 63.6 Å². The summed E-state index contributed by atoms with van der Waals surface area (Å²) in [5.41, 5.74) is 3.14. The van der Waals surface area contributed by atoms with Crippen LogP contribution in [0.2, 0.25) is 0 Å². The lowest BCUT2D eigenvalue weighted by Crippen LogP contribution is -2.56. The number of unbranched alkanes of at least 4 members (excludes halogenated alkanes) is 1. The Morgan fingerprint density at radius 1 is 0.843 bits per heavy atom. The molecule has 0 radical (unpaired) electrons. The molecule has 83 heavy (non-hydrogen) atoms. The number of phenolic OH excluding ortho intramolecular Hbond substituents is 2. The number of aromatic hydroxyl groups is 2. The number of carbonyl (C=O) groups is 9. The fraction of sp³-hybridized carbons (Fsp3) is 0.431. The van der Waals surface area contributed by atoms with E-state index in [0.717, 1.165) is 0 Å². The van der Waals surface area contributed by atoms with Gasteiger partial charge in [-0.3, -0.25) is 43.3 Å². The van der Waals surface area contributed by atoms with E-state index >= 15 is 0 Å². The zero-order valence-electron chi connectivity index (χ0n) is 46.1. The van der Waals surface area contributed by atoms with Crippen LogP contribution in [0.15, 0.2) is 72.8 Å². The number of aliphatic hydroxyl groups is 2. The van der Waals surface area contributed by atoms with Gasteiger partial charge in [-0.15, -0.1) is 0 Å². The number of hydrogen-bond acceptors (Lipinski definition) is 19. The standard InChI is InChI=1S/C58H67N7O18/c1-29(61-43(69)25-60-31(3)67)54(74)64-38(21-32-11-6-5-7-12-32)56(76)63-37(14-8-9-20-59)55(75)62-34-18-16-33(17-19-34)27-80-57(77)65-28-81-53-30(2)82-44(22-39(53)65)83-41-24-58(78,42(68)26-66)23-36-46(41)52(73)48-47(50(36)71)49(70)35-13-10-15-40(79-4)45(35)51(48)72/h5-7,10-13,15-19,29-30,37-39,41,44,53,66,71,73,78H,8-9,14,20-28,59H2,1-4H3,(H,60,67)(H,61,69)(H,62,75)(H,63,76)(H,64,74)/t29-,30+,37+,38+,39+,41+,44+,53-,58+/m1/s1. The van der Waals surface area contributed by atoms with Crippen molar-refractivity contribution in [3.63, 3.8) is 0 Å². The first-order chi connectivity index (χ1) is 39.7. The lowest BCUT2D eigenvalue weighted by molar-refractivity contribution is -0.246. The first-order valence-electron chi connectivity index (χ1n) is 27.0. The van der Waals surface area contributed by atoms with E-state index in [1.165, 1.54) is 44.1 Å². The zero-order valence-corrected chi connectivity index (χ0v) is 46.1. The maximum atomic E-state index is 14.1. The molecule has 4 aromatic rings. The number of phenols is 2. The van der Waals surface area contributed by atoms with Crippen molar-refractivity contribution in [2.75, 3.05) is 38.9 Å². The molecule has 25 heteroatoms. The van der Waals surface area contributed by atoms with Crippen LogP contribution in [-0.4, -0.2) is 160 Å². The van der Waals surface area contributed by atoms with Gasteiger partial charge in [0.1, 0.15) is 67.0 Å². The van der Waals surface area contributed by atoms with Crippen LogP contribution in [0.3, 0.4) is 0 Å². The molecule has 2 heterocycles. The first-order valence-corrected chi connectivity index (χ1v) is 27.0. The number of Topliss-reactive ketones (excluding diaryl/α,β-unsaturated/α-hetero) is 1. The fourth-order valence-corrected chi connectivity index (χ4v) is 10.8. The molecule has 8 rings (SSSR count). The number of carbonyl (C=O) groups excluding carboxylic acids is 9. The Morgan fingerprint density at radius 3 is 2.24 bits per heavy atom. The molecule has 2 aliphatic carbocycles. The summed E-state index contributed by atoms with van der Waals surface area (Å²) >= 11 is 0. The van der Waals surface area contributed by atoms with Crippen molar-refractivity contribution >= 4 is 58.7 Å². The molecule has 0 bridgehead atoms. The third kappa shape index (κ3) is 13.5. The molecule has 2 aliphatic heterocycles. The molecule has 442 valence electrons. The molecule has 4 aliphatic rings. The Hall–Kier alpha value is -8.33. The highest BCUT2D eigenvalue weighted by Crippen LogP contribution is 2.53. The molecule has 4 aromatic carbocycles. The average molecular weight is 1150 g/mol. The molecule has 6 amide bonds. The van der Waals surface area contributed by atoms with Gasteiger partial charge in [0.2, 0.25) is 35.3 Å². The number of nitrogens with one attached hydrogen (secondary N) is 5. The minimum Gasteiger partial charge on any atom is -0.507 e. The van der Waals surface area contributed by atoms with Crippen molar-refractivity contribution in [1.82, 2.24) is 26.2 Å². The van der Waals surface area contributed by atoms with Crippen molar-refractivity contribution in [2.45, 2.75) is 127 Å². The number of fused-ring (bicyclic) bond motifs is 4. The van der Waals surface area contributed by atoms with Gasteiger partial charge >= 0.3 is 6.09 Å². The molecule has 0 unspecified atom stereocenters. The van der Waals surface area contributed by atoms with Crippen LogP contribution in [0.5, 0.6) is 17.2 Å². The number of benzene rings is 4. The number of anilines is 1. The SMILES string of the molecule is COc1cccc2c1C(=O)c1c(O)c3c(c(O)c1C2=O)C[C@@](O)(C(=O)CO)C[C@@H]3O[C@H]1C[C@H]2[C@H](OCN2C(=O)OCc2ccc(NC(=O)[C@H](CCCCN)NC(=O)[C@H](Cc3ccccc3)NC(=O)[C@@H](C)NC(=O)CNC(C)=O)cc2)[C@H](C)O1. The summed E-state index contributed by atoms with van der Waals surface area (Å²) in [5, 5.41) is 58.5. The van der Waals surface area contributed by atoms with Crippen LogP contribution in [0.4, 0.5) is 10.5 Å². The van der Waals surface area contributed by atoms with Gasteiger partial charge in [0.25, 0.3) is 0 Å². The Balaban J connectivity index is 0.918. The molecule has 0 spiro atoms. The van der Waals surface area contributed by atoms with Crippen LogP contribution in [0.1, 0.15) is 113 Å². The fourth-order valence-electron chi connectivity index (χ4n) is 10.8. The average Bonchev–Trinajstić information content (AvgIpc) is 2.15. The van der Waals surface area contributed by atoms with Gasteiger partial charge in [0, 0.05) is 55.0 Å². The molecule has 2 saturated heterocycles. The number of hydrogen-bond donors (Lipinski definition) is 10. The lowest BCUT2D eigenvalue weighted by Gasteiger charge is -2.42. The quantitative estimate of drug-likeness (QED) is 0.0347. The molecule has 25 nitrogen and oxygen atoms in total. The monoisotopic (exact) mass is 1150 g/mol. The van der Waals surface area contributed by atoms with E-state index < -0.39 is 149 Å². The molecule has 2 fully saturated rings. The number of ketones is 3. The largest absolute Gasteiger partial charge is 0.507 e. The van der Waals surface area contributed by atoms with Gasteiger partial charge in [-0.05, 0) is 69.0 Å². The van der Waals surface area contributed by atoms with Crippen molar-refractivity contribution in [3.8, 4) is 17.2 Å². The number of nitrogens with two attached hydrogens (primary N) is 1. The third-order valence-electron chi connectivity index (χ3n) is 15.1. The minimum absolute atomic E-state index is 0.0417. The first kappa shape index (κ1) is 60.8. The van der Waals surface area contributed by atoms with Crippen LogP contribution < -0.4 is 37.1 Å². The summed E-state index contributed by atoms with van der Waals surface area (Å²) in [4.78, 5) is 121. The van der Waals surface area contributed by atoms with E-state index in [2.05, 4.69) is 26.6 Å². The van der Waals surface area contributed by atoms with E-state index in [4.69, 9.17) is 29.4 Å². The van der Waals surface area contributed by atoms with Crippen LogP contribution in [-0.2, 0) is 67.2 Å². The van der Waals surface area contributed by atoms with Gasteiger partial charge in [-0.25, -0.2) is 4.79 Å². The maximum absolute atomic E-state index is 14.1. The molecule has 11 N–H and O–H groups in total. The van der Waals surface area contributed by atoms with Crippen molar-refractivity contribution in [1.29, 1.82) is 0 Å². The summed E-state index contributed by atoms with van der Waals surface area (Å²) in [6.45, 7) is 2.78. The summed E-state index contributed by atoms with van der Waals surface area (Å²) in [6.07, 6.45) is -4.99. The summed E-state index contributed by atoms with van der Waals surface area (Å²) in [6, 6.07) is 15.5. The summed E-state index contributed by atoms with van der Waals surface area (Å²) in [5.74, 6) is -7.14. The van der Waals surface area contributed by atoms with Gasteiger partial charge in [-0.1, -0.05) is 54.6 Å². The van der Waals surface area contributed by atoms with Crippen LogP contribution in [0, 0.1) is 0 Å². The third-order valence-corrected chi connectivity index (χ3v) is 15.1. The second-order valence-electron chi connectivity index (χ2n) is 20.8. The number of amides is 6. The number of ether oxygens (including phenoxy) is 5. The van der Waals surface area contributed by atoms with E-state index in [1.807, 2.05) is 0 Å². The van der Waals surface area contributed by atoms with E-state index in [0.29, 0.717) is 36.2 Å². The lowest BCUT2D eigenvalue weighted by atomic mass is 9.72. The highest BCUT2D eigenvalue weighted by molar-refractivity contribution is 6.31.